The van der Waals surface area contributed by atoms with Crippen LogP contribution in [0.2, 0.25) is 0 Å². The molecule has 5 N–H and O–H groups in total. The molecule has 0 aliphatic carbocycles. The molecule has 46 heavy (non-hydrogen) atoms. The highest BCUT2D eigenvalue weighted by Gasteiger charge is 2.24. The monoisotopic (exact) mass is 637 g/mol. The van der Waals surface area contributed by atoms with Crippen LogP contribution in [0.4, 0.5) is 4.39 Å². The number of nitrogens with one attached hydrogen (secondary N) is 3. The smallest absolute Gasteiger partial charge is 0.256 e. The van der Waals surface area contributed by atoms with Crippen LogP contribution in [-0.2, 0) is 11.2 Å². The van der Waals surface area contributed by atoms with Crippen LogP contribution in [0, 0.1) is 17.1 Å². The predicted octanol–water partition coefficient (Wildman–Crippen LogP) is 3.15. The summed E-state index contributed by atoms with van der Waals surface area (Å²) in [5, 5.41) is 14.5. The number of rotatable bonds is 15. The number of nitrogens with zero attached hydrogens (tertiary/aromatic N) is 3. The van der Waals surface area contributed by atoms with E-state index in [0.717, 1.165) is 58.2 Å². The van der Waals surface area contributed by atoms with E-state index in [0.29, 0.717) is 24.1 Å². The maximum atomic E-state index is 15.0. The van der Waals surface area contributed by atoms with Crippen LogP contribution in [0.5, 0.6) is 0 Å². The molecule has 0 unspecified atom stereocenters. The van der Waals surface area contributed by atoms with E-state index in [4.69, 9.17) is 11.1 Å². The lowest BCUT2D eigenvalue weighted by Crippen LogP contribution is -2.47. The summed E-state index contributed by atoms with van der Waals surface area (Å²) >= 11 is 0. The van der Waals surface area contributed by atoms with Crippen molar-refractivity contribution in [3.8, 4) is 0 Å². The summed E-state index contributed by atoms with van der Waals surface area (Å²) in [6.07, 6.45) is 5.02. The lowest BCUT2D eigenvalue weighted by atomic mass is 9.96. The largest absolute Gasteiger partial charge is 0.366 e. The molecule has 0 atom stereocenters. The van der Waals surface area contributed by atoms with Crippen LogP contribution < -0.4 is 16.4 Å². The van der Waals surface area contributed by atoms with Crippen LogP contribution in [0.3, 0.4) is 0 Å². The highest BCUT2D eigenvalue weighted by Crippen LogP contribution is 2.20. The minimum absolute atomic E-state index is 0.0756. The Morgan fingerprint density at radius 3 is 2.35 bits per heavy atom. The van der Waals surface area contributed by atoms with E-state index in [1.807, 2.05) is 0 Å². The first-order valence-corrected chi connectivity index (χ1v) is 16.6. The lowest BCUT2D eigenvalue weighted by Gasteiger charge is -2.36. The molecular formula is C35H52FN7O3. The molecule has 4 rings (SSSR count). The Morgan fingerprint density at radius 1 is 1.02 bits per heavy atom. The highest BCUT2D eigenvalue weighted by atomic mass is 19.1. The second-order valence-corrected chi connectivity index (χ2v) is 12.1. The van der Waals surface area contributed by atoms with E-state index < -0.39 is 17.6 Å². The molecule has 2 aliphatic rings. The van der Waals surface area contributed by atoms with Crippen molar-refractivity contribution in [3.05, 3.63) is 70.5 Å². The number of benzene rings is 2. The summed E-state index contributed by atoms with van der Waals surface area (Å²) in [7, 11) is 0. The standard InChI is InChI=1S/C32H44FN7O3.C3H8/c33-29-7-6-25(21-30(34)26-4-1-2-5-27(26)31(35)42)20-28(29)32(43)40(19-12-37-23-41)14-3-13-38-15-8-24(9-16-38)22-39-17-10-36-11-18-39;1-3-2/h1-2,4-7,20,23-24,34,36H,3,8-19,21-22H2,(H2,35,42)(H,37,41);3H2,1-2H3. The average molecular weight is 638 g/mol. The van der Waals surface area contributed by atoms with Gasteiger partial charge in [-0.25, -0.2) is 4.39 Å². The number of hydrogen-bond donors (Lipinski definition) is 4. The topological polar surface area (TPSA) is 135 Å². The number of halogens is 1. The normalized spacial score (nSPS) is 15.8. The van der Waals surface area contributed by atoms with Crippen molar-refractivity contribution in [2.75, 3.05) is 72.0 Å². The molecule has 0 spiro atoms. The quantitative estimate of drug-likeness (QED) is 0.135. The van der Waals surface area contributed by atoms with Gasteiger partial charge in [-0.1, -0.05) is 44.5 Å². The molecule has 2 aliphatic heterocycles. The number of amides is 3. The van der Waals surface area contributed by atoms with E-state index >= 15 is 0 Å². The van der Waals surface area contributed by atoms with Crippen molar-refractivity contribution in [3.63, 3.8) is 0 Å². The number of likely N-dealkylation sites (tertiary alicyclic amines) is 1. The minimum atomic E-state index is -0.641. The molecule has 0 radical (unpaired) electrons. The molecule has 2 aromatic rings. The van der Waals surface area contributed by atoms with Crippen molar-refractivity contribution < 1.29 is 18.8 Å². The number of piperidine rings is 1. The molecular weight excluding hydrogens is 585 g/mol. The van der Waals surface area contributed by atoms with Gasteiger partial charge >= 0.3 is 0 Å². The minimum Gasteiger partial charge on any atom is -0.366 e. The van der Waals surface area contributed by atoms with Crippen molar-refractivity contribution in [1.82, 2.24) is 25.3 Å². The van der Waals surface area contributed by atoms with Gasteiger partial charge in [-0.05, 0) is 68.6 Å². The molecule has 0 aromatic heterocycles. The fourth-order valence-corrected chi connectivity index (χ4v) is 5.99. The average Bonchev–Trinajstić information content (AvgIpc) is 3.06. The zero-order valence-electron chi connectivity index (χ0n) is 27.5. The fraction of sp³-hybridized carbons (Fsp3) is 0.543. The zero-order valence-corrected chi connectivity index (χ0v) is 27.5. The molecule has 252 valence electrons. The Balaban J connectivity index is 0.00000185. The lowest BCUT2D eigenvalue weighted by molar-refractivity contribution is -0.109. The number of carbonyl (C=O) groups excluding carboxylic acids is 3. The molecule has 2 saturated heterocycles. The van der Waals surface area contributed by atoms with Crippen LogP contribution in [0.15, 0.2) is 42.5 Å². The van der Waals surface area contributed by atoms with Gasteiger partial charge in [0, 0.05) is 75.6 Å². The van der Waals surface area contributed by atoms with Gasteiger partial charge in [0.2, 0.25) is 12.3 Å². The molecule has 0 saturated carbocycles. The van der Waals surface area contributed by atoms with Gasteiger partial charge in [0.25, 0.3) is 5.91 Å². The van der Waals surface area contributed by atoms with E-state index in [1.165, 1.54) is 44.0 Å². The van der Waals surface area contributed by atoms with E-state index in [1.54, 1.807) is 29.2 Å². The Kier molecular flexibility index (Phi) is 15.8. The molecule has 3 amide bonds. The Labute approximate surface area is 273 Å². The molecule has 2 heterocycles. The van der Waals surface area contributed by atoms with E-state index in [9.17, 15) is 18.8 Å². The maximum Gasteiger partial charge on any atom is 0.256 e. The third kappa shape index (κ3) is 11.6. The highest BCUT2D eigenvalue weighted by molar-refractivity contribution is 6.09. The number of primary amides is 1. The zero-order chi connectivity index (χ0) is 33.3. The van der Waals surface area contributed by atoms with Gasteiger partial charge in [0.15, 0.2) is 0 Å². The summed E-state index contributed by atoms with van der Waals surface area (Å²) in [6, 6.07) is 10.9. The molecule has 0 bridgehead atoms. The third-order valence-electron chi connectivity index (χ3n) is 8.39. The third-order valence-corrected chi connectivity index (χ3v) is 8.39. The van der Waals surface area contributed by atoms with Crippen LogP contribution in [-0.4, -0.2) is 111 Å². The first kappa shape index (κ1) is 36.8. The Hall–Kier alpha value is -3.67. The number of piperazine rings is 1. The van der Waals surface area contributed by atoms with Gasteiger partial charge in [0.05, 0.1) is 5.56 Å². The van der Waals surface area contributed by atoms with Gasteiger partial charge in [0.1, 0.15) is 5.82 Å². The second-order valence-electron chi connectivity index (χ2n) is 12.1. The van der Waals surface area contributed by atoms with Gasteiger partial charge in [-0.3, -0.25) is 14.4 Å². The van der Waals surface area contributed by atoms with Crippen molar-refractivity contribution in [2.45, 2.75) is 46.0 Å². The summed E-state index contributed by atoms with van der Waals surface area (Å²) in [4.78, 5) is 42.8. The number of hydrogen-bond acceptors (Lipinski definition) is 7. The number of nitrogens with two attached hydrogens (primary N) is 1. The van der Waals surface area contributed by atoms with Gasteiger partial charge < -0.3 is 36.5 Å². The fourth-order valence-electron chi connectivity index (χ4n) is 5.99. The van der Waals surface area contributed by atoms with Crippen molar-refractivity contribution in [1.29, 1.82) is 5.41 Å². The van der Waals surface area contributed by atoms with Crippen LogP contribution >= 0.6 is 0 Å². The summed E-state index contributed by atoms with van der Waals surface area (Å²) < 4.78 is 15.0. The molecule has 10 nitrogen and oxygen atoms in total. The van der Waals surface area contributed by atoms with Crippen LogP contribution in [0.25, 0.3) is 0 Å². The summed E-state index contributed by atoms with van der Waals surface area (Å²) in [6.45, 7) is 13.7. The maximum absolute atomic E-state index is 15.0. The van der Waals surface area contributed by atoms with Crippen molar-refractivity contribution >= 4 is 23.9 Å². The first-order valence-electron chi connectivity index (χ1n) is 16.6. The van der Waals surface area contributed by atoms with E-state index in [-0.39, 0.29) is 36.3 Å². The summed E-state index contributed by atoms with van der Waals surface area (Å²) in [5.74, 6) is -0.999. The number of carbonyl (C=O) groups is 3. The first-order chi connectivity index (χ1) is 22.3. The summed E-state index contributed by atoms with van der Waals surface area (Å²) in [5.41, 5.74) is 6.75. The van der Waals surface area contributed by atoms with Gasteiger partial charge in [-0.2, -0.15) is 0 Å². The predicted molar refractivity (Wildman–Crippen MR) is 181 cm³/mol. The van der Waals surface area contributed by atoms with Gasteiger partial charge in [-0.15, -0.1) is 0 Å². The SMILES string of the molecule is CCC.N=C(Cc1ccc(F)c(C(=O)N(CCCN2CCC(CN3CCNCC3)CC2)CCNC=O)c1)c1ccccc1C(N)=O. The Bertz CT molecular complexity index is 1280. The Morgan fingerprint density at radius 2 is 1.70 bits per heavy atom. The molecule has 2 fully saturated rings. The van der Waals surface area contributed by atoms with Crippen molar-refractivity contribution in [2.24, 2.45) is 11.7 Å². The van der Waals surface area contributed by atoms with E-state index in [2.05, 4.69) is 34.3 Å². The molecule has 11 heteroatoms. The second kappa shape index (κ2) is 19.8. The van der Waals surface area contributed by atoms with Crippen LogP contribution in [0.1, 0.15) is 71.4 Å². The molecule has 2 aromatic carbocycles.